The van der Waals surface area contributed by atoms with Gasteiger partial charge in [0.15, 0.2) is 23.3 Å². The largest absolute Gasteiger partial charge is 0.490 e. The molecule has 27 heavy (non-hydrogen) atoms. The molecule has 1 saturated heterocycles. The van der Waals surface area contributed by atoms with Crippen molar-refractivity contribution in [1.29, 1.82) is 0 Å². The minimum atomic E-state index is -0.107. The molecule has 0 aliphatic carbocycles. The predicted molar refractivity (Wildman–Crippen MR) is 110 cm³/mol. The number of thioether (sulfide) groups is 1. The first-order valence-electron chi connectivity index (χ1n) is 9.04. The summed E-state index contributed by atoms with van der Waals surface area (Å²) in [7, 11) is 0. The number of nitrogens with zero attached hydrogens (tertiary/aromatic N) is 2. The first-order chi connectivity index (χ1) is 13.1. The zero-order valence-corrected chi connectivity index (χ0v) is 16.7. The normalized spacial score (nSPS) is 18.0. The van der Waals surface area contributed by atoms with Crippen molar-refractivity contribution in [3.05, 3.63) is 54.1 Å². The second-order valence-corrected chi connectivity index (χ2v) is 7.74. The van der Waals surface area contributed by atoms with E-state index in [1.165, 1.54) is 0 Å². The highest BCUT2D eigenvalue weighted by Crippen LogP contribution is 2.30. The van der Waals surface area contributed by atoms with Gasteiger partial charge in [0.05, 0.1) is 12.3 Å². The van der Waals surface area contributed by atoms with E-state index < -0.39 is 0 Å². The van der Waals surface area contributed by atoms with E-state index in [0.29, 0.717) is 29.9 Å². The topological polar surface area (TPSA) is 51.1 Å². The average molecular weight is 385 g/mol. The van der Waals surface area contributed by atoms with Gasteiger partial charge in [-0.25, -0.2) is 4.99 Å². The second kappa shape index (κ2) is 8.95. The van der Waals surface area contributed by atoms with Gasteiger partial charge in [-0.3, -0.25) is 9.69 Å². The van der Waals surface area contributed by atoms with Gasteiger partial charge >= 0.3 is 0 Å². The van der Waals surface area contributed by atoms with Crippen molar-refractivity contribution in [3.8, 4) is 11.5 Å². The number of amides is 1. The van der Waals surface area contributed by atoms with Crippen molar-refractivity contribution in [2.24, 2.45) is 4.99 Å². The molecular weight excluding hydrogens is 360 g/mol. The Morgan fingerprint density at radius 1 is 1.19 bits per heavy atom. The number of aryl methyl sites for hydroxylation is 1. The fourth-order valence-electron chi connectivity index (χ4n) is 2.78. The van der Waals surface area contributed by atoms with Crippen LogP contribution in [0.2, 0.25) is 0 Å². The molecule has 0 radical (unpaired) electrons. The number of rotatable bonds is 6. The standard InChI is InChI=1S/C21H24N2O3S/c1-4-25-18-10-5-6-11-19(18)26-14-20(24)23-13-16(3)27-21(23)22-17-9-7-8-15(2)12-17/h5-12,16H,4,13-14H2,1-3H3/t16-/m1/s1. The van der Waals surface area contributed by atoms with E-state index in [-0.39, 0.29) is 12.5 Å². The van der Waals surface area contributed by atoms with Crippen molar-refractivity contribution in [2.45, 2.75) is 26.0 Å². The van der Waals surface area contributed by atoms with Crippen LogP contribution >= 0.6 is 11.8 Å². The van der Waals surface area contributed by atoms with Crippen molar-refractivity contribution in [1.82, 2.24) is 4.90 Å². The smallest absolute Gasteiger partial charge is 0.266 e. The molecule has 1 aliphatic rings. The van der Waals surface area contributed by atoms with Crippen LogP contribution in [0.15, 0.2) is 53.5 Å². The van der Waals surface area contributed by atoms with E-state index in [0.717, 1.165) is 16.4 Å². The molecule has 1 amide bonds. The summed E-state index contributed by atoms with van der Waals surface area (Å²) >= 11 is 1.61. The van der Waals surface area contributed by atoms with Gasteiger partial charge in [0.25, 0.3) is 5.91 Å². The third kappa shape index (κ3) is 5.04. The minimum absolute atomic E-state index is 0.0514. The highest BCUT2D eigenvalue weighted by molar-refractivity contribution is 8.14. The van der Waals surface area contributed by atoms with Gasteiger partial charge in [-0.1, -0.05) is 43.0 Å². The quantitative estimate of drug-likeness (QED) is 0.740. The highest BCUT2D eigenvalue weighted by Gasteiger charge is 2.31. The Hall–Kier alpha value is -2.47. The Labute approximate surface area is 164 Å². The van der Waals surface area contributed by atoms with Crippen LogP contribution in [0, 0.1) is 6.92 Å². The SMILES string of the molecule is CCOc1ccccc1OCC(=O)N1C[C@@H](C)SC1=Nc1cccc(C)c1. The zero-order valence-electron chi connectivity index (χ0n) is 15.8. The van der Waals surface area contributed by atoms with Crippen molar-refractivity contribution in [3.63, 3.8) is 0 Å². The number of benzene rings is 2. The molecule has 1 heterocycles. The third-order valence-electron chi connectivity index (χ3n) is 4.00. The Morgan fingerprint density at radius 3 is 2.63 bits per heavy atom. The summed E-state index contributed by atoms with van der Waals surface area (Å²) in [5.41, 5.74) is 1.99. The number of para-hydroxylation sites is 2. The number of aliphatic imine (C=N–C) groups is 1. The van der Waals surface area contributed by atoms with E-state index in [2.05, 4.69) is 11.9 Å². The van der Waals surface area contributed by atoms with E-state index in [4.69, 9.17) is 9.47 Å². The summed E-state index contributed by atoms with van der Waals surface area (Å²) in [4.78, 5) is 19.2. The Balaban J connectivity index is 1.71. The Kier molecular flexibility index (Phi) is 6.40. The van der Waals surface area contributed by atoms with Gasteiger partial charge in [0, 0.05) is 11.8 Å². The summed E-state index contributed by atoms with van der Waals surface area (Å²) in [5, 5.41) is 1.02. The zero-order chi connectivity index (χ0) is 19.2. The van der Waals surface area contributed by atoms with Gasteiger partial charge in [-0.05, 0) is 43.7 Å². The maximum absolute atomic E-state index is 12.8. The molecule has 0 N–H and O–H groups in total. The second-order valence-electron chi connectivity index (χ2n) is 6.33. The maximum Gasteiger partial charge on any atom is 0.266 e. The molecular formula is C21H24N2O3S. The third-order valence-corrected chi connectivity index (χ3v) is 5.08. The van der Waals surface area contributed by atoms with E-state index >= 15 is 0 Å². The minimum Gasteiger partial charge on any atom is -0.490 e. The number of hydrogen-bond acceptors (Lipinski definition) is 5. The van der Waals surface area contributed by atoms with Crippen LogP contribution < -0.4 is 9.47 Å². The molecule has 0 bridgehead atoms. The number of carbonyl (C=O) groups is 1. The van der Waals surface area contributed by atoms with Gasteiger partial charge in [0.1, 0.15) is 0 Å². The van der Waals surface area contributed by atoms with Crippen LogP contribution in [0.3, 0.4) is 0 Å². The summed E-state index contributed by atoms with van der Waals surface area (Å²) < 4.78 is 11.3. The first kappa shape index (κ1) is 19.3. The molecule has 2 aromatic carbocycles. The lowest BCUT2D eigenvalue weighted by Gasteiger charge is -2.17. The van der Waals surface area contributed by atoms with Crippen molar-refractivity contribution >= 4 is 28.5 Å². The Bertz CT molecular complexity index is 838. The Morgan fingerprint density at radius 2 is 1.93 bits per heavy atom. The monoisotopic (exact) mass is 384 g/mol. The van der Waals surface area contributed by atoms with E-state index in [9.17, 15) is 4.79 Å². The van der Waals surface area contributed by atoms with Gasteiger partial charge in [-0.2, -0.15) is 0 Å². The van der Waals surface area contributed by atoms with Crippen LogP contribution in [-0.4, -0.2) is 41.0 Å². The lowest BCUT2D eigenvalue weighted by Crippen LogP contribution is -2.36. The molecule has 2 aromatic rings. The molecule has 6 heteroatoms. The number of ether oxygens (including phenoxy) is 2. The molecule has 0 aromatic heterocycles. The average Bonchev–Trinajstić information content (AvgIpc) is 3.01. The number of amidine groups is 1. The van der Waals surface area contributed by atoms with Crippen LogP contribution in [0.4, 0.5) is 5.69 Å². The van der Waals surface area contributed by atoms with Crippen LogP contribution in [-0.2, 0) is 4.79 Å². The summed E-state index contributed by atoms with van der Waals surface area (Å²) in [5.74, 6) is 1.11. The molecule has 1 aliphatic heterocycles. The van der Waals surface area contributed by atoms with E-state index in [1.807, 2.05) is 56.3 Å². The maximum atomic E-state index is 12.8. The first-order valence-corrected chi connectivity index (χ1v) is 9.91. The summed E-state index contributed by atoms with van der Waals surface area (Å²) in [6.45, 7) is 7.16. The molecule has 5 nitrogen and oxygen atoms in total. The summed E-state index contributed by atoms with van der Waals surface area (Å²) in [6.07, 6.45) is 0. The van der Waals surface area contributed by atoms with Gasteiger partial charge < -0.3 is 9.47 Å². The molecule has 0 unspecified atom stereocenters. The molecule has 142 valence electrons. The van der Waals surface area contributed by atoms with E-state index in [1.54, 1.807) is 22.7 Å². The molecule has 1 atom stereocenters. The molecule has 0 saturated carbocycles. The highest BCUT2D eigenvalue weighted by atomic mass is 32.2. The fourth-order valence-corrected chi connectivity index (χ4v) is 3.83. The lowest BCUT2D eigenvalue weighted by atomic mass is 10.2. The fraction of sp³-hybridized carbons (Fsp3) is 0.333. The summed E-state index contributed by atoms with van der Waals surface area (Å²) in [6, 6.07) is 15.3. The van der Waals surface area contributed by atoms with Gasteiger partial charge in [-0.15, -0.1) is 0 Å². The number of hydrogen-bond donors (Lipinski definition) is 0. The van der Waals surface area contributed by atoms with Crippen molar-refractivity contribution in [2.75, 3.05) is 19.8 Å². The van der Waals surface area contributed by atoms with Crippen molar-refractivity contribution < 1.29 is 14.3 Å². The van der Waals surface area contributed by atoms with Crippen LogP contribution in [0.5, 0.6) is 11.5 Å². The van der Waals surface area contributed by atoms with Gasteiger partial charge in [0.2, 0.25) is 0 Å². The lowest BCUT2D eigenvalue weighted by molar-refractivity contribution is -0.129. The predicted octanol–water partition coefficient (Wildman–Crippen LogP) is 4.42. The number of carbonyl (C=O) groups excluding carboxylic acids is 1. The van der Waals surface area contributed by atoms with Crippen LogP contribution in [0.25, 0.3) is 0 Å². The molecule has 0 spiro atoms. The van der Waals surface area contributed by atoms with Crippen LogP contribution in [0.1, 0.15) is 19.4 Å². The molecule has 3 rings (SSSR count). The molecule has 1 fully saturated rings.